The fraction of sp³-hybridized carbons (Fsp3) is 0. The summed E-state index contributed by atoms with van der Waals surface area (Å²) in [4.78, 5) is 5.01. The maximum Gasteiger partial charge on any atom is 0.0991 e. The molecule has 0 atom stereocenters. The number of fused-ring (bicyclic) bond motifs is 4. The van der Waals surface area contributed by atoms with Crippen molar-refractivity contribution in [3.05, 3.63) is 182 Å². The van der Waals surface area contributed by atoms with Crippen LogP contribution in [0.3, 0.4) is 0 Å². The topological polar surface area (TPSA) is 41.6 Å². The molecule has 0 spiro atoms. The van der Waals surface area contributed by atoms with Gasteiger partial charge in [-0.3, -0.25) is 4.98 Å². The van der Waals surface area contributed by atoms with E-state index in [0.717, 1.165) is 49.9 Å². The molecule has 0 saturated carbocycles. The highest BCUT2D eigenvalue weighted by Crippen LogP contribution is 2.41. The second-order valence-corrected chi connectivity index (χ2v) is 13.9. The standard InChI is InChI=1S/C50H29N3/c51-29-31-13-22-47-45(23-31)44-20-18-33(28-48(44)53(47)41-9-2-1-3-10-41)38-19-21-46(52-30-38)40-26-36-16-14-34-24-39(25-35-15-17-37(27-40)50(36)49(34)35)43-12-6-8-32-7-4-5-11-42(32)43/h1-28,30H. The van der Waals surface area contributed by atoms with Crippen LogP contribution in [0, 0.1) is 11.3 Å². The number of para-hydroxylation sites is 1. The first-order valence-corrected chi connectivity index (χ1v) is 17.9. The van der Waals surface area contributed by atoms with E-state index < -0.39 is 0 Å². The normalized spacial score (nSPS) is 11.8. The quantitative estimate of drug-likeness (QED) is 0.175. The van der Waals surface area contributed by atoms with Gasteiger partial charge in [0.15, 0.2) is 0 Å². The fourth-order valence-corrected chi connectivity index (χ4v) is 8.48. The van der Waals surface area contributed by atoms with Gasteiger partial charge < -0.3 is 4.57 Å². The lowest BCUT2D eigenvalue weighted by atomic mass is 9.89. The van der Waals surface area contributed by atoms with Gasteiger partial charge in [-0.2, -0.15) is 5.26 Å². The summed E-state index contributed by atoms with van der Waals surface area (Å²) in [5.41, 5.74) is 10.6. The van der Waals surface area contributed by atoms with Crippen LogP contribution in [-0.4, -0.2) is 9.55 Å². The summed E-state index contributed by atoms with van der Waals surface area (Å²) in [6, 6.07) is 63.0. The van der Waals surface area contributed by atoms with Crippen LogP contribution >= 0.6 is 0 Å². The monoisotopic (exact) mass is 671 g/mol. The second kappa shape index (κ2) is 11.4. The molecule has 0 unspecified atom stereocenters. The molecule has 0 saturated heterocycles. The van der Waals surface area contributed by atoms with E-state index in [2.05, 4.69) is 162 Å². The fourth-order valence-electron chi connectivity index (χ4n) is 8.48. The largest absolute Gasteiger partial charge is 0.309 e. The Bertz CT molecular complexity index is 3200. The van der Waals surface area contributed by atoms with Crippen molar-refractivity contribution in [1.29, 1.82) is 5.26 Å². The van der Waals surface area contributed by atoms with E-state index in [4.69, 9.17) is 4.98 Å². The van der Waals surface area contributed by atoms with Crippen LogP contribution in [0.4, 0.5) is 0 Å². The first-order chi connectivity index (χ1) is 26.2. The summed E-state index contributed by atoms with van der Waals surface area (Å²) in [7, 11) is 0. The first-order valence-electron chi connectivity index (χ1n) is 17.9. The summed E-state index contributed by atoms with van der Waals surface area (Å²) < 4.78 is 2.28. The van der Waals surface area contributed by atoms with Gasteiger partial charge in [0.2, 0.25) is 0 Å². The Morgan fingerprint density at radius 2 is 1.11 bits per heavy atom. The number of nitrogens with zero attached hydrogens (tertiary/aromatic N) is 3. The van der Waals surface area contributed by atoms with Crippen molar-refractivity contribution >= 4 is 64.9 Å². The molecule has 0 aliphatic carbocycles. The third-order valence-corrected chi connectivity index (χ3v) is 10.9. The minimum atomic E-state index is 0.659. The van der Waals surface area contributed by atoms with Gasteiger partial charge in [-0.25, -0.2) is 0 Å². The minimum Gasteiger partial charge on any atom is -0.309 e. The number of aromatic nitrogens is 2. The van der Waals surface area contributed by atoms with Crippen molar-refractivity contribution < 1.29 is 0 Å². The van der Waals surface area contributed by atoms with E-state index in [-0.39, 0.29) is 0 Å². The van der Waals surface area contributed by atoms with Gasteiger partial charge in [-0.05, 0) is 127 Å². The lowest BCUT2D eigenvalue weighted by Crippen LogP contribution is -1.93. The molecular weight excluding hydrogens is 643 g/mol. The molecule has 0 bridgehead atoms. The Morgan fingerprint density at radius 3 is 1.83 bits per heavy atom. The number of hydrogen-bond acceptors (Lipinski definition) is 2. The summed E-state index contributed by atoms with van der Waals surface area (Å²) in [6.07, 6.45) is 1.98. The van der Waals surface area contributed by atoms with E-state index in [0.29, 0.717) is 5.56 Å². The molecule has 3 nitrogen and oxygen atoms in total. The summed E-state index contributed by atoms with van der Waals surface area (Å²) in [6.45, 7) is 0. The molecule has 11 aromatic rings. The molecule has 3 heteroatoms. The molecule has 244 valence electrons. The number of rotatable bonds is 4. The Hall–Kier alpha value is -7.28. The van der Waals surface area contributed by atoms with Crippen molar-refractivity contribution in [1.82, 2.24) is 9.55 Å². The highest BCUT2D eigenvalue weighted by molar-refractivity contribution is 6.24. The number of benzene rings is 9. The number of hydrogen-bond donors (Lipinski definition) is 0. The van der Waals surface area contributed by atoms with Crippen molar-refractivity contribution in [2.45, 2.75) is 0 Å². The SMILES string of the molecule is N#Cc1ccc2c(c1)c1ccc(-c3ccc(-c4cc5ccc6cc(-c7cccc8ccccc78)cc7ccc(c4)c5c67)nc3)cc1n2-c1ccccc1. The lowest BCUT2D eigenvalue weighted by molar-refractivity contribution is 1.18. The Balaban J connectivity index is 0.986. The van der Waals surface area contributed by atoms with Gasteiger partial charge in [0.1, 0.15) is 0 Å². The minimum absolute atomic E-state index is 0.659. The Kier molecular flexibility index (Phi) is 6.32. The van der Waals surface area contributed by atoms with E-state index >= 15 is 0 Å². The highest BCUT2D eigenvalue weighted by Gasteiger charge is 2.16. The third kappa shape index (κ3) is 4.56. The molecule has 0 aliphatic rings. The van der Waals surface area contributed by atoms with Crippen LogP contribution in [0.2, 0.25) is 0 Å². The summed E-state index contributed by atoms with van der Waals surface area (Å²) in [5, 5.41) is 21.9. The highest BCUT2D eigenvalue weighted by atomic mass is 15.0. The maximum atomic E-state index is 9.62. The van der Waals surface area contributed by atoms with Crippen LogP contribution in [0.25, 0.3) is 104 Å². The van der Waals surface area contributed by atoms with Gasteiger partial charge in [0.25, 0.3) is 0 Å². The zero-order chi connectivity index (χ0) is 35.0. The zero-order valence-electron chi connectivity index (χ0n) is 28.6. The predicted octanol–water partition coefficient (Wildman–Crippen LogP) is 13.1. The van der Waals surface area contributed by atoms with E-state index in [9.17, 15) is 5.26 Å². The van der Waals surface area contributed by atoms with Crippen LogP contribution in [0.5, 0.6) is 0 Å². The zero-order valence-corrected chi connectivity index (χ0v) is 28.6. The first kappa shape index (κ1) is 29.5. The molecule has 2 heterocycles. The number of pyridine rings is 1. The van der Waals surface area contributed by atoms with Gasteiger partial charge in [-0.15, -0.1) is 0 Å². The molecule has 0 radical (unpaired) electrons. The van der Waals surface area contributed by atoms with E-state index in [1.54, 1.807) is 0 Å². The predicted molar refractivity (Wildman–Crippen MR) is 221 cm³/mol. The smallest absolute Gasteiger partial charge is 0.0991 e. The summed E-state index contributed by atoms with van der Waals surface area (Å²) >= 11 is 0. The van der Waals surface area contributed by atoms with E-state index in [1.807, 2.05) is 24.4 Å². The van der Waals surface area contributed by atoms with Crippen LogP contribution in [0.15, 0.2) is 176 Å². The third-order valence-electron chi connectivity index (χ3n) is 10.9. The second-order valence-electron chi connectivity index (χ2n) is 13.9. The Labute approximate surface area is 305 Å². The molecular formula is C50H29N3. The van der Waals surface area contributed by atoms with Crippen LogP contribution in [-0.2, 0) is 0 Å². The van der Waals surface area contributed by atoms with Crippen LogP contribution in [0.1, 0.15) is 5.56 Å². The molecule has 0 amide bonds. The Morgan fingerprint density at radius 1 is 0.434 bits per heavy atom. The van der Waals surface area contributed by atoms with E-state index in [1.165, 1.54) is 54.2 Å². The average Bonchev–Trinajstić information content (AvgIpc) is 3.55. The molecule has 9 aromatic carbocycles. The van der Waals surface area contributed by atoms with Gasteiger partial charge in [-0.1, -0.05) is 103 Å². The molecule has 2 aromatic heterocycles. The lowest BCUT2D eigenvalue weighted by Gasteiger charge is -2.15. The molecule has 0 N–H and O–H groups in total. The van der Waals surface area contributed by atoms with Crippen LogP contribution < -0.4 is 0 Å². The van der Waals surface area contributed by atoms with Gasteiger partial charge in [0, 0.05) is 33.8 Å². The molecule has 0 aliphatic heterocycles. The maximum absolute atomic E-state index is 9.62. The van der Waals surface area contributed by atoms with Gasteiger partial charge in [0.05, 0.1) is 28.4 Å². The number of nitriles is 1. The van der Waals surface area contributed by atoms with Gasteiger partial charge >= 0.3 is 0 Å². The summed E-state index contributed by atoms with van der Waals surface area (Å²) in [5.74, 6) is 0. The van der Waals surface area contributed by atoms with Crippen molar-refractivity contribution in [2.24, 2.45) is 0 Å². The molecule has 53 heavy (non-hydrogen) atoms. The van der Waals surface area contributed by atoms with Crippen molar-refractivity contribution in [2.75, 3.05) is 0 Å². The molecule has 11 rings (SSSR count). The molecule has 0 fully saturated rings. The van der Waals surface area contributed by atoms with Crippen molar-refractivity contribution in [3.8, 4) is 45.3 Å². The average molecular weight is 672 g/mol. The van der Waals surface area contributed by atoms with Crippen molar-refractivity contribution in [3.63, 3.8) is 0 Å².